The van der Waals surface area contributed by atoms with Crippen LogP contribution < -0.4 is 91.3 Å². The predicted molar refractivity (Wildman–Crippen MR) is 540 cm³/mol. The first-order chi connectivity index (χ1) is 60.1. The van der Waals surface area contributed by atoms with E-state index in [-0.39, 0.29) is 39.0 Å². The average molecular weight is 1870 g/mol. The van der Waals surface area contributed by atoms with Crippen molar-refractivity contribution in [2.75, 3.05) is 11.1 Å². The van der Waals surface area contributed by atoms with Gasteiger partial charge in [0.25, 0.3) is 11.1 Å². The zero-order valence-corrected chi connectivity index (χ0v) is 75.4. The molecule has 2 heterocycles. The van der Waals surface area contributed by atoms with E-state index in [0.717, 1.165) is 32.1 Å². The Hall–Kier alpha value is -12.1. The second-order valence-electron chi connectivity index (χ2n) is 28.7. The van der Waals surface area contributed by atoms with E-state index in [1.54, 1.807) is 51.4 Å². The van der Waals surface area contributed by atoms with Crippen molar-refractivity contribution >= 4 is 163 Å². The second-order valence-corrected chi connectivity index (χ2v) is 38.4. The third-order valence-corrected chi connectivity index (χ3v) is 29.2. The minimum Gasteiger partial charge on any atom is -0.444 e. The summed E-state index contributed by atoms with van der Waals surface area (Å²) in [5.41, 5.74) is 8.69. The van der Waals surface area contributed by atoms with Gasteiger partial charge >= 0.3 is 13.2 Å². The van der Waals surface area contributed by atoms with Gasteiger partial charge in [0.2, 0.25) is 0 Å². The van der Waals surface area contributed by atoms with Crippen LogP contribution in [0, 0.1) is 0 Å². The Morgan fingerprint density at radius 1 is 0.328 bits per heavy atom. The van der Waals surface area contributed by atoms with Gasteiger partial charge in [-0.15, -0.1) is 0 Å². The third-order valence-electron chi connectivity index (χ3n) is 18.8. The molecule has 0 spiro atoms. The van der Waals surface area contributed by atoms with Crippen LogP contribution in [0.2, 0.25) is 0 Å². The topological polar surface area (TPSA) is 171 Å². The molecule has 0 saturated carbocycles. The molecule has 0 aliphatic heterocycles. The normalized spacial score (nSPS) is 10.4. The SMILES string of the molecule is C.CC(C)(C)OC(=O)Nc1ccc(B(O)O)cc1.Nc1ccc(-c2c[nH]c(=O)c3ccccc23)cc1.O=c1[nH]cc(Br)c2ccccc12.[Pd].c1ccc(P(c2ccccc2)c2ccccc2)cc1.c1ccc(P(c2ccccc2)c2ccccc2)cc1.c1ccc(P(c2ccccc2)c2ccccc2)cc1.c1ccc(P(c2ccccc2)c2ccccc2)cc1. The van der Waals surface area contributed by atoms with Gasteiger partial charge in [-0.2, -0.15) is 0 Å². The zero-order chi connectivity index (χ0) is 85.8. The van der Waals surface area contributed by atoms with Gasteiger partial charge in [0, 0.05) is 70.4 Å². The average Bonchev–Trinajstić information content (AvgIpc) is 0.783. The van der Waals surface area contributed by atoms with E-state index in [1.165, 1.54) is 75.8 Å². The number of nitrogens with two attached hydrogens (primary N) is 1. The fourth-order valence-corrected chi connectivity index (χ4v) is 22.8. The first-order valence-corrected chi connectivity index (χ1v) is 46.3. The number of halogens is 1. The summed E-state index contributed by atoms with van der Waals surface area (Å²) in [6.45, 7) is 5.33. The standard InChI is InChI=1S/4C18H15P.C15H12N2O.C11H16BNO4.C9H6BrNO.CH4.Pd/c4*1-4-10-16(11-5-1)19(17-12-6-2-7-13-17)18-14-8-3-9-15-18;16-11-7-5-10(6-8-11)14-9-17-15(18)13-4-2-1-3-12(13)14;1-11(2,3)17-10(14)13-9-6-4-8(5-7-9)12(15)16;10-8-5-11-9(12)7-4-2-1-3-6(7)8;;/h4*1-15H;1-9H,16H2,(H,17,18);4-7,15-16H,1-3H3,(H,13,14);1-5H,(H,11,12);1H4;. The summed E-state index contributed by atoms with van der Waals surface area (Å²) < 4.78 is 5.99. The van der Waals surface area contributed by atoms with Crippen LogP contribution in [0.1, 0.15) is 28.2 Å². The Morgan fingerprint density at radius 3 is 0.792 bits per heavy atom. The zero-order valence-electron chi connectivity index (χ0n) is 68.7. The van der Waals surface area contributed by atoms with Gasteiger partial charge in [-0.3, -0.25) is 14.9 Å². The molecule has 18 aromatic rings. The molecule has 0 atom stereocenters. The summed E-state index contributed by atoms with van der Waals surface area (Å²) in [5.74, 6) is 0. The van der Waals surface area contributed by atoms with Crippen LogP contribution in [0.25, 0.3) is 32.7 Å². The molecule has 16 aromatic carbocycles. The second kappa shape index (κ2) is 50.0. The molecule has 0 fully saturated rings. The van der Waals surface area contributed by atoms with Crippen LogP contribution in [0.3, 0.4) is 0 Å². The van der Waals surface area contributed by atoms with Crippen molar-refractivity contribution < 1.29 is 40.0 Å². The predicted octanol–water partition coefficient (Wildman–Crippen LogP) is 20.2. The van der Waals surface area contributed by atoms with E-state index < -0.39 is 50.5 Å². The van der Waals surface area contributed by atoms with Crippen LogP contribution in [-0.4, -0.2) is 38.8 Å². The van der Waals surface area contributed by atoms with E-state index in [1.807, 2.05) is 66.7 Å². The quantitative estimate of drug-likeness (QED) is 0.0337. The first-order valence-electron chi connectivity index (χ1n) is 40.1. The van der Waals surface area contributed by atoms with Crippen LogP contribution in [0.15, 0.2) is 487 Å². The van der Waals surface area contributed by atoms with Gasteiger partial charge in [-0.25, -0.2) is 4.79 Å². The van der Waals surface area contributed by atoms with E-state index in [0.29, 0.717) is 21.9 Å². The Labute approximate surface area is 761 Å². The van der Waals surface area contributed by atoms with Gasteiger partial charge < -0.3 is 30.5 Å². The molecule has 0 aliphatic rings. The number of ether oxygens (including phenoxy) is 1. The molecular formula is C108H98BBrN4O6P4Pd. The van der Waals surface area contributed by atoms with Crippen molar-refractivity contribution in [2.45, 2.75) is 33.8 Å². The van der Waals surface area contributed by atoms with Crippen molar-refractivity contribution in [3.63, 3.8) is 0 Å². The van der Waals surface area contributed by atoms with Crippen LogP contribution in [0.5, 0.6) is 0 Å². The largest absolute Gasteiger partial charge is 0.488 e. The number of hydrogen-bond acceptors (Lipinski definition) is 7. The maximum Gasteiger partial charge on any atom is 0.488 e. The molecule has 626 valence electrons. The number of H-pyrrole nitrogens is 2. The number of rotatable bonds is 15. The number of aromatic amines is 2. The number of pyridine rings is 2. The monoisotopic (exact) mass is 1870 g/mol. The maximum absolute atomic E-state index is 11.7. The van der Waals surface area contributed by atoms with Crippen molar-refractivity contribution in [3.8, 4) is 11.1 Å². The Morgan fingerprint density at radius 2 is 0.552 bits per heavy atom. The summed E-state index contributed by atoms with van der Waals surface area (Å²) >= 11 is 3.36. The van der Waals surface area contributed by atoms with Crippen molar-refractivity contribution in [1.29, 1.82) is 0 Å². The van der Waals surface area contributed by atoms with Gasteiger partial charge in [-0.1, -0.05) is 432 Å². The number of benzene rings is 16. The van der Waals surface area contributed by atoms with Crippen LogP contribution in [-0.2, 0) is 25.2 Å². The van der Waals surface area contributed by atoms with E-state index in [2.05, 4.69) is 395 Å². The number of carbonyl (C=O) groups is 1. The third kappa shape index (κ3) is 28.7. The Bertz CT molecular complexity index is 5440. The van der Waals surface area contributed by atoms with E-state index in [9.17, 15) is 14.4 Å². The van der Waals surface area contributed by atoms with Gasteiger partial charge in [0.15, 0.2) is 0 Å². The number of amides is 1. The number of fused-ring (bicyclic) bond motifs is 2. The number of carbonyl (C=O) groups excluding carboxylic acids is 1. The Balaban J connectivity index is 0.000000152. The molecule has 1 amide bonds. The molecule has 7 N–H and O–H groups in total. The summed E-state index contributed by atoms with van der Waals surface area (Å²) in [5, 5.41) is 40.4. The molecule has 0 unspecified atom stereocenters. The number of nitrogen functional groups attached to an aromatic ring is 1. The molecule has 17 heteroatoms. The minimum atomic E-state index is -1.51. The minimum absolute atomic E-state index is 0. The smallest absolute Gasteiger partial charge is 0.444 e. The van der Waals surface area contributed by atoms with E-state index >= 15 is 0 Å². The fourth-order valence-electron chi connectivity index (χ4n) is 13.2. The number of aromatic nitrogens is 2. The molecule has 0 saturated heterocycles. The van der Waals surface area contributed by atoms with Gasteiger partial charge in [0.1, 0.15) is 5.60 Å². The van der Waals surface area contributed by atoms with Crippen LogP contribution in [0.4, 0.5) is 16.2 Å². The molecule has 2 aromatic heterocycles. The summed E-state index contributed by atoms with van der Waals surface area (Å²) in [6.07, 6.45) is 2.86. The summed E-state index contributed by atoms with van der Waals surface area (Å²) in [6, 6.07) is 158. The van der Waals surface area contributed by atoms with Crippen LogP contribution >= 0.6 is 47.6 Å². The van der Waals surface area contributed by atoms with E-state index in [4.69, 9.17) is 20.5 Å². The van der Waals surface area contributed by atoms with Gasteiger partial charge in [-0.05, 0) is 185 Å². The fraction of sp³-hybridized carbons (Fsp3) is 0.0463. The number of anilines is 2. The van der Waals surface area contributed by atoms with Crippen molar-refractivity contribution in [1.82, 2.24) is 9.97 Å². The molecule has 0 radical (unpaired) electrons. The molecule has 0 aliphatic carbocycles. The molecule has 0 bridgehead atoms. The number of hydrogen-bond donors (Lipinski definition) is 6. The molecule has 10 nitrogen and oxygen atoms in total. The summed E-state index contributed by atoms with van der Waals surface area (Å²) in [7, 11) is -3.29. The number of nitrogens with one attached hydrogen (secondary N) is 3. The molecule has 18 rings (SSSR count). The van der Waals surface area contributed by atoms with Crippen molar-refractivity contribution in [2.24, 2.45) is 0 Å². The Kier molecular flexibility index (Phi) is 38.0. The molecule has 125 heavy (non-hydrogen) atoms. The first kappa shape index (κ1) is 95.1. The van der Waals surface area contributed by atoms with Gasteiger partial charge in [0.05, 0.1) is 0 Å². The summed E-state index contributed by atoms with van der Waals surface area (Å²) in [4.78, 5) is 39.8. The van der Waals surface area contributed by atoms with Crippen molar-refractivity contribution in [3.05, 3.63) is 499 Å². The molecular weight excluding hydrogens is 1770 g/mol. The maximum atomic E-state index is 11.7.